The number of carbonyl (C=O) groups excluding carboxylic acids is 1. The lowest BCUT2D eigenvalue weighted by molar-refractivity contribution is -0.122. The smallest absolute Gasteiger partial charge is 0.220 e. The second kappa shape index (κ2) is 9.21. The molecule has 0 bridgehead atoms. The van der Waals surface area contributed by atoms with Crippen molar-refractivity contribution < 1.29 is 4.79 Å². The van der Waals surface area contributed by atoms with E-state index in [0.717, 1.165) is 44.0 Å². The molecular formula is C18H28N2OS. The van der Waals surface area contributed by atoms with Crippen LogP contribution in [-0.4, -0.2) is 43.2 Å². The summed E-state index contributed by atoms with van der Waals surface area (Å²) in [5.74, 6) is 2.81. The zero-order valence-corrected chi connectivity index (χ0v) is 14.6. The number of nitrogens with zero attached hydrogens (tertiary/aromatic N) is 1. The van der Waals surface area contributed by atoms with Gasteiger partial charge in [0, 0.05) is 24.5 Å². The molecule has 122 valence electrons. The summed E-state index contributed by atoms with van der Waals surface area (Å²) in [7, 11) is 2.15. The number of benzene rings is 1. The van der Waals surface area contributed by atoms with Crippen molar-refractivity contribution in [2.75, 3.05) is 32.4 Å². The summed E-state index contributed by atoms with van der Waals surface area (Å²) in [4.78, 5) is 14.3. The standard InChI is InChI=1S/C18H28N2OS/c1-15-5-3-4-6-17(15)14-22-12-9-19-18(21)13-16-7-10-20(2)11-8-16/h3-6,16H,7-14H2,1-2H3,(H,19,21). The molecule has 1 aromatic carbocycles. The van der Waals surface area contributed by atoms with Crippen LogP contribution in [0.25, 0.3) is 0 Å². The van der Waals surface area contributed by atoms with Gasteiger partial charge in [-0.25, -0.2) is 0 Å². The van der Waals surface area contributed by atoms with Crippen LogP contribution in [-0.2, 0) is 10.5 Å². The zero-order valence-electron chi connectivity index (χ0n) is 13.8. The summed E-state index contributed by atoms with van der Waals surface area (Å²) in [6.07, 6.45) is 3.02. The van der Waals surface area contributed by atoms with Gasteiger partial charge in [0.1, 0.15) is 0 Å². The summed E-state index contributed by atoms with van der Waals surface area (Å²) in [5, 5.41) is 3.07. The van der Waals surface area contributed by atoms with Gasteiger partial charge in [0.2, 0.25) is 5.91 Å². The van der Waals surface area contributed by atoms with Gasteiger partial charge in [-0.1, -0.05) is 24.3 Å². The van der Waals surface area contributed by atoms with Crippen LogP contribution >= 0.6 is 11.8 Å². The molecule has 0 aromatic heterocycles. The highest BCUT2D eigenvalue weighted by molar-refractivity contribution is 7.98. The fraction of sp³-hybridized carbons (Fsp3) is 0.611. The van der Waals surface area contributed by atoms with Gasteiger partial charge < -0.3 is 10.2 Å². The maximum absolute atomic E-state index is 11.9. The number of nitrogens with one attached hydrogen (secondary N) is 1. The Bertz CT molecular complexity index is 470. The zero-order chi connectivity index (χ0) is 15.8. The first-order valence-corrected chi connectivity index (χ1v) is 9.38. The largest absolute Gasteiger partial charge is 0.355 e. The third-order valence-electron chi connectivity index (χ3n) is 4.40. The van der Waals surface area contributed by atoms with Gasteiger partial charge >= 0.3 is 0 Å². The monoisotopic (exact) mass is 320 g/mol. The average molecular weight is 321 g/mol. The lowest BCUT2D eigenvalue weighted by Crippen LogP contribution is -2.34. The van der Waals surface area contributed by atoms with Gasteiger partial charge in [-0.2, -0.15) is 11.8 Å². The predicted octanol–water partition coefficient (Wildman–Crippen LogP) is 3.08. The number of piperidine rings is 1. The highest BCUT2D eigenvalue weighted by Gasteiger charge is 2.19. The molecule has 1 aliphatic rings. The van der Waals surface area contributed by atoms with Crippen molar-refractivity contribution in [2.45, 2.75) is 31.9 Å². The Morgan fingerprint density at radius 3 is 2.77 bits per heavy atom. The number of hydrogen-bond donors (Lipinski definition) is 1. The molecule has 0 radical (unpaired) electrons. The van der Waals surface area contributed by atoms with Crippen LogP contribution < -0.4 is 5.32 Å². The molecule has 2 rings (SSSR count). The van der Waals surface area contributed by atoms with Crippen LogP contribution in [0.1, 0.15) is 30.4 Å². The first kappa shape index (κ1) is 17.4. The highest BCUT2D eigenvalue weighted by Crippen LogP contribution is 2.19. The Balaban J connectivity index is 1.55. The van der Waals surface area contributed by atoms with Gasteiger partial charge in [-0.15, -0.1) is 0 Å². The molecule has 22 heavy (non-hydrogen) atoms. The number of amides is 1. The minimum atomic E-state index is 0.228. The SMILES string of the molecule is Cc1ccccc1CSCCNC(=O)CC1CCN(C)CC1. The van der Waals surface area contributed by atoms with E-state index in [1.165, 1.54) is 11.1 Å². The molecule has 1 aliphatic heterocycles. The van der Waals surface area contributed by atoms with E-state index in [9.17, 15) is 4.79 Å². The molecule has 0 saturated carbocycles. The third kappa shape index (κ3) is 6.01. The van der Waals surface area contributed by atoms with E-state index in [1.807, 2.05) is 11.8 Å². The Kier molecular flexibility index (Phi) is 7.26. The molecule has 1 amide bonds. The van der Waals surface area contributed by atoms with E-state index >= 15 is 0 Å². The normalized spacial score (nSPS) is 16.6. The van der Waals surface area contributed by atoms with Crippen LogP contribution in [0, 0.1) is 12.8 Å². The van der Waals surface area contributed by atoms with Crippen molar-refractivity contribution in [1.29, 1.82) is 0 Å². The highest BCUT2D eigenvalue weighted by atomic mass is 32.2. The number of thioether (sulfide) groups is 1. The Morgan fingerprint density at radius 1 is 1.32 bits per heavy atom. The average Bonchev–Trinajstić information content (AvgIpc) is 2.51. The van der Waals surface area contributed by atoms with Crippen molar-refractivity contribution in [3.05, 3.63) is 35.4 Å². The van der Waals surface area contributed by atoms with Crippen LogP contribution in [0.5, 0.6) is 0 Å². The summed E-state index contributed by atoms with van der Waals surface area (Å²) in [6.45, 7) is 5.19. The molecule has 3 nitrogen and oxygen atoms in total. The molecule has 1 fully saturated rings. The molecule has 1 saturated heterocycles. The van der Waals surface area contributed by atoms with Gasteiger partial charge in [-0.3, -0.25) is 4.79 Å². The first-order valence-electron chi connectivity index (χ1n) is 8.22. The molecule has 0 spiro atoms. The van der Waals surface area contributed by atoms with Crippen molar-refractivity contribution >= 4 is 17.7 Å². The quantitative estimate of drug-likeness (QED) is 0.784. The van der Waals surface area contributed by atoms with Crippen molar-refractivity contribution in [3.63, 3.8) is 0 Å². The van der Waals surface area contributed by atoms with Gasteiger partial charge in [0.25, 0.3) is 0 Å². The maximum Gasteiger partial charge on any atom is 0.220 e. The number of carbonyl (C=O) groups is 1. The number of aryl methyl sites for hydroxylation is 1. The van der Waals surface area contributed by atoms with Crippen molar-refractivity contribution in [1.82, 2.24) is 10.2 Å². The second-order valence-corrected chi connectivity index (χ2v) is 7.38. The van der Waals surface area contributed by atoms with Gasteiger partial charge in [0.05, 0.1) is 0 Å². The maximum atomic E-state index is 11.9. The summed E-state index contributed by atoms with van der Waals surface area (Å²) < 4.78 is 0. The topological polar surface area (TPSA) is 32.3 Å². The molecule has 0 atom stereocenters. The van der Waals surface area contributed by atoms with Crippen LogP contribution in [0.3, 0.4) is 0 Å². The fourth-order valence-electron chi connectivity index (χ4n) is 2.82. The van der Waals surface area contributed by atoms with Crippen LogP contribution in [0.2, 0.25) is 0 Å². The molecule has 4 heteroatoms. The van der Waals surface area contributed by atoms with E-state index in [-0.39, 0.29) is 5.91 Å². The third-order valence-corrected chi connectivity index (χ3v) is 5.41. The van der Waals surface area contributed by atoms with E-state index in [1.54, 1.807) is 0 Å². The lowest BCUT2D eigenvalue weighted by atomic mass is 9.93. The summed E-state index contributed by atoms with van der Waals surface area (Å²) >= 11 is 1.89. The minimum Gasteiger partial charge on any atom is -0.355 e. The molecule has 0 aliphatic carbocycles. The Labute approximate surface area is 138 Å². The molecule has 1 aromatic rings. The van der Waals surface area contributed by atoms with Gasteiger partial charge in [-0.05, 0) is 56.9 Å². The molecule has 0 unspecified atom stereocenters. The van der Waals surface area contributed by atoms with Gasteiger partial charge in [0.15, 0.2) is 0 Å². The molecule has 1 heterocycles. The van der Waals surface area contributed by atoms with E-state index < -0.39 is 0 Å². The predicted molar refractivity (Wildman–Crippen MR) is 95.2 cm³/mol. The Morgan fingerprint density at radius 2 is 2.05 bits per heavy atom. The second-order valence-electron chi connectivity index (χ2n) is 6.28. The first-order chi connectivity index (χ1) is 10.6. The van der Waals surface area contributed by atoms with Crippen LogP contribution in [0.15, 0.2) is 24.3 Å². The number of likely N-dealkylation sites (tertiary alicyclic amines) is 1. The number of rotatable bonds is 7. The molecule has 1 N–H and O–H groups in total. The van der Waals surface area contributed by atoms with Crippen LogP contribution in [0.4, 0.5) is 0 Å². The van der Waals surface area contributed by atoms with Crippen molar-refractivity contribution in [3.8, 4) is 0 Å². The van der Waals surface area contributed by atoms with E-state index in [4.69, 9.17) is 0 Å². The molecular weight excluding hydrogens is 292 g/mol. The van der Waals surface area contributed by atoms with E-state index in [0.29, 0.717) is 12.3 Å². The fourth-order valence-corrected chi connectivity index (χ4v) is 3.75. The van der Waals surface area contributed by atoms with Crippen molar-refractivity contribution in [2.24, 2.45) is 5.92 Å². The van der Waals surface area contributed by atoms with E-state index in [2.05, 4.69) is 48.5 Å². The lowest BCUT2D eigenvalue weighted by Gasteiger charge is -2.28. The summed E-state index contributed by atoms with van der Waals surface area (Å²) in [5.41, 5.74) is 2.74. The summed E-state index contributed by atoms with van der Waals surface area (Å²) in [6, 6.07) is 8.50. The minimum absolute atomic E-state index is 0.228. The number of hydrogen-bond acceptors (Lipinski definition) is 3. The Hall–Kier alpha value is -1.00.